The number of aromatic carboxylic acids is 1. The number of carboxylic acids is 1. The van der Waals surface area contributed by atoms with Gasteiger partial charge in [0.15, 0.2) is 5.69 Å². The minimum absolute atomic E-state index is 0.0556. The van der Waals surface area contributed by atoms with Crippen LogP contribution < -0.4 is 0 Å². The van der Waals surface area contributed by atoms with Crippen LogP contribution in [0, 0.1) is 6.92 Å². The number of aryl methyl sites for hydroxylation is 1. The number of carboxylic acid groups (broad SMARTS) is 1. The molecule has 0 atom stereocenters. The van der Waals surface area contributed by atoms with Crippen molar-refractivity contribution >= 4 is 21.9 Å². The summed E-state index contributed by atoms with van der Waals surface area (Å²) in [7, 11) is 0. The zero-order valence-corrected chi connectivity index (χ0v) is 10.6. The lowest BCUT2D eigenvalue weighted by atomic mass is 10.1. The van der Waals surface area contributed by atoms with Crippen LogP contribution >= 0.6 is 15.9 Å². The average Bonchev–Trinajstić information content (AvgIpc) is 2.33. The molecule has 0 aliphatic rings. The molecule has 2 rings (SSSR count). The molecule has 0 aliphatic carbocycles. The second-order valence-electron chi connectivity index (χ2n) is 3.57. The lowest BCUT2D eigenvalue weighted by molar-refractivity contribution is 0.0689. The number of benzene rings is 1. The van der Waals surface area contributed by atoms with Crippen LogP contribution in [-0.4, -0.2) is 21.3 Å². The Kier molecular flexibility index (Phi) is 3.19. The quantitative estimate of drug-likeness (QED) is 0.924. The van der Waals surface area contributed by atoms with Gasteiger partial charge in [-0.2, -0.15) is 0 Å². The molecule has 0 saturated carbocycles. The Balaban J connectivity index is 2.39. The Morgan fingerprint density at radius 2 is 2.00 bits per heavy atom. The lowest BCUT2D eigenvalue weighted by Gasteiger charge is -2.03. The van der Waals surface area contributed by atoms with Gasteiger partial charge in [0.25, 0.3) is 0 Å². The van der Waals surface area contributed by atoms with Crippen LogP contribution in [0.2, 0.25) is 0 Å². The second-order valence-corrected chi connectivity index (χ2v) is 4.43. The molecule has 0 amide bonds. The Morgan fingerprint density at radius 1 is 1.24 bits per heavy atom. The highest BCUT2D eigenvalue weighted by atomic mass is 79.9. The maximum absolute atomic E-state index is 10.6. The summed E-state index contributed by atoms with van der Waals surface area (Å²) in [6.45, 7) is 1.99. The predicted molar refractivity (Wildman–Crippen MR) is 66.9 cm³/mol. The Hall–Kier alpha value is -1.75. The molecular formula is C12H9BrN2O2. The summed E-state index contributed by atoms with van der Waals surface area (Å²) >= 11 is 3.44. The van der Waals surface area contributed by atoms with E-state index in [2.05, 4.69) is 26.1 Å². The molecule has 0 bridgehead atoms. The summed E-state index contributed by atoms with van der Waals surface area (Å²) in [4.78, 5) is 10.6. The molecule has 0 saturated heterocycles. The van der Waals surface area contributed by atoms with Crippen molar-refractivity contribution in [2.24, 2.45) is 0 Å². The van der Waals surface area contributed by atoms with Crippen LogP contribution in [-0.2, 0) is 0 Å². The maximum Gasteiger partial charge on any atom is 0.356 e. The first kappa shape index (κ1) is 11.7. The summed E-state index contributed by atoms with van der Waals surface area (Å²) < 4.78 is 0.985. The first-order chi connectivity index (χ1) is 8.08. The van der Waals surface area contributed by atoms with E-state index >= 15 is 0 Å². The molecule has 1 aromatic carbocycles. The van der Waals surface area contributed by atoms with Crippen LogP contribution in [0.15, 0.2) is 34.8 Å². The molecular weight excluding hydrogens is 284 g/mol. The first-order valence-corrected chi connectivity index (χ1v) is 5.71. The normalized spacial score (nSPS) is 10.2. The number of hydrogen-bond donors (Lipinski definition) is 1. The lowest BCUT2D eigenvalue weighted by Crippen LogP contribution is -2.01. The number of carbonyl (C=O) groups is 1. The van der Waals surface area contributed by atoms with Crippen molar-refractivity contribution in [2.45, 2.75) is 6.92 Å². The standard InChI is InChI=1S/C12H9BrN2O2/c1-7-2-3-8(6-9(7)13)10-4-5-11(12(16)17)15-14-10/h2-6H,1H3,(H,16,17). The Labute approximate surface area is 106 Å². The van der Waals surface area contributed by atoms with E-state index < -0.39 is 5.97 Å². The fourth-order valence-electron chi connectivity index (χ4n) is 1.35. The Morgan fingerprint density at radius 3 is 2.53 bits per heavy atom. The van der Waals surface area contributed by atoms with Crippen molar-refractivity contribution in [1.29, 1.82) is 0 Å². The van der Waals surface area contributed by atoms with Crippen LogP contribution in [0.5, 0.6) is 0 Å². The van der Waals surface area contributed by atoms with E-state index in [0.29, 0.717) is 5.69 Å². The molecule has 0 spiro atoms. The van der Waals surface area contributed by atoms with E-state index in [4.69, 9.17) is 5.11 Å². The van der Waals surface area contributed by atoms with E-state index in [9.17, 15) is 4.79 Å². The van der Waals surface area contributed by atoms with E-state index in [1.165, 1.54) is 6.07 Å². The highest BCUT2D eigenvalue weighted by molar-refractivity contribution is 9.10. The third-order valence-electron chi connectivity index (χ3n) is 2.35. The predicted octanol–water partition coefficient (Wildman–Crippen LogP) is 2.91. The molecule has 86 valence electrons. The number of rotatable bonds is 2. The molecule has 0 fully saturated rings. The first-order valence-electron chi connectivity index (χ1n) is 4.91. The number of nitrogens with zero attached hydrogens (tertiary/aromatic N) is 2. The van der Waals surface area contributed by atoms with Gasteiger partial charge >= 0.3 is 5.97 Å². The monoisotopic (exact) mass is 292 g/mol. The topological polar surface area (TPSA) is 63.1 Å². The van der Waals surface area contributed by atoms with Gasteiger partial charge in [0.05, 0.1) is 5.69 Å². The van der Waals surface area contributed by atoms with Gasteiger partial charge in [-0.15, -0.1) is 10.2 Å². The van der Waals surface area contributed by atoms with Gasteiger partial charge in [-0.3, -0.25) is 0 Å². The molecule has 1 aromatic heterocycles. The summed E-state index contributed by atoms with van der Waals surface area (Å²) in [5.74, 6) is -1.07. The van der Waals surface area contributed by atoms with Gasteiger partial charge < -0.3 is 5.11 Å². The minimum Gasteiger partial charge on any atom is -0.476 e. The van der Waals surface area contributed by atoms with Crippen molar-refractivity contribution < 1.29 is 9.90 Å². The molecule has 17 heavy (non-hydrogen) atoms. The number of halogens is 1. The fraction of sp³-hybridized carbons (Fsp3) is 0.0833. The summed E-state index contributed by atoms with van der Waals surface area (Å²) in [6, 6.07) is 8.91. The molecule has 2 aromatic rings. The number of aromatic nitrogens is 2. The van der Waals surface area contributed by atoms with Crippen molar-refractivity contribution in [2.75, 3.05) is 0 Å². The Bertz CT molecular complexity index is 567. The molecule has 0 aliphatic heterocycles. The summed E-state index contributed by atoms with van der Waals surface area (Å²) in [6.07, 6.45) is 0. The maximum atomic E-state index is 10.6. The molecule has 1 heterocycles. The largest absolute Gasteiger partial charge is 0.476 e. The van der Waals surface area contributed by atoms with Crippen molar-refractivity contribution in [3.63, 3.8) is 0 Å². The zero-order chi connectivity index (χ0) is 12.4. The van der Waals surface area contributed by atoms with Gasteiger partial charge in [0.1, 0.15) is 0 Å². The molecule has 4 nitrogen and oxygen atoms in total. The van der Waals surface area contributed by atoms with Crippen LogP contribution in [0.25, 0.3) is 11.3 Å². The van der Waals surface area contributed by atoms with E-state index in [1.54, 1.807) is 6.07 Å². The smallest absolute Gasteiger partial charge is 0.356 e. The highest BCUT2D eigenvalue weighted by Gasteiger charge is 2.07. The summed E-state index contributed by atoms with van der Waals surface area (Å²) in [5, 5.41) is 16.2. The molecule has 1 N–H and O–H groups in total. The third-order valence-corrected chi connectivity index (χ3v) is 3.21. The molecule has 0 unspecified atom stereocenters. The third kappa shape index (κ3) is 2.50. The van der Waals surface area contributed by atoms with Gasteiger partial charge in [-0.05, 0) is 30.7 Å². The van der Waals surface area contributed by atoms with Crippen molar-refractivity contribution in [1.82, 2.24) is 10.2 Å². The van der Waals surface area contributed by atoms with E-state index in [1.807, 2.05) is 25.1 Å². The summed E-state index contributed by atoms with van der Waals surface area (Å²) in [5.41, 5.74) is 2.62. The van der Waals surface area contributed by atoms with Gasteiger partial charge in [-0.1, -0.05) is 28.1 Å². The van der Waals surface area contributed by atoms with Crippen LogP contribution in [0.1, 0.15) is 16.1 Å². The average molecular weight is 293 g/mol. The highest BCUT2D eigenvalue weighted by Crippen LogP contribution is 2.23. The number of hydrogen-bond acceptors (Lipinski definition) is 3. The second kappa shape index (κ2) is 4.63. The van der Waals surface area contributed by atoms with Crippen LogP contribution in [0.3, 0.4) is 0 Å². The van der Waals surface area contributed by atoms with Gasteiger partial charge in [0.2, 0.25) is 0 Å². The van der Waals surface area contributed by atoms with Crippen molar-refractivity contribution in [3.8, 4) is 11.3 Å². The molecule has 5 heteroatoms. The zero-order valence-electron chi connectivity index (χ0n) is 9.01. The van der Waals surface area contributed by atoms with Crippen molar-refractivity contribution in [3.05, 3.63) is 46.1 Å². The minimum atomic E-state index is -1.07. The van der Waals surface area contributed by atoms with E-state index in [0.717, 1.165) is 15.6 Å². The van der Waals surface area contributed by atoms with Gasteiger partial charge in [0, 0.05) is 10.0 Å². The fourth-order valence-corrected chi connectivity index (χ4v) is 1.73. The van der Waals surface area contributed by atoms with E-state index in [-0.39, 0.29) is 5.69 Å². The molecule has 0 radical (unpaired) electrons. The SMILES string of the molecule is Cc1ccc(-c2ccc(C(=O)O)nn2)cc1Br. The van der Waals surface area contributed by atoms with Crippen LogP contribution in [0.4, 0.5) is 0 Å². The van der Waals surface area contributed by atoms with Gasteiger partial charge in [-0.25, -0.2) is 4.79 Å².